The van der Waals surface area contributed by atoms with Crippen LogP contribution < -0.4 is 10.1 Å². The van der Waals surface area contributed by atoms with Gasteiger partial charge in [-0.3, -0.25) is 4.79 Å². The largest absolute Gasteiger partial charge is 0.491 e. The number of aromatic nitrogens is 2. The van der Waals surface area contributed by atoms with Gasteiger partial charge in [-0.05, 0) is 43.7 Å². The topological polar surface area (TPSA) is 97.5 Å². The first-order valence-corrected chi connectivity index (χ1v) is 8.65. The van der Waals surface area contributed by atoms with Crippen molar-refractivity contribution in [2.24, 2.45) is 0 Å². The van der Waals surface area contributed by atoms with Crippen molar-refractivity contribution in [3.63, 3.8) is 0 Å². The third-order valence-corrected chi connectivity index (χ3v) is 3.74. The first-order valence-electron chi connectivity index (χ1n) is 8.65. The summed E-state index contributed by atoms with van der Waals surface area (Å²) in [6, 6.07) is 16.3. The Balaban J connectivity index is 1.60. The van der Waals surface area contributed by atoms with Crippen molar-refractivity contribution >= 4 is 5.91 Å². The number of carbonyl (C=O) groups excluding carboxylic acids is 1. The molecule has 1 heterocycles. The van der Waals surface area contributed by atoms with Gasteiger partial charge in [-0.25, -0.2) is 0 Å². The molecule has 1 atom stereocenters. The Labute approximate surface area is 157 Å². The molecule has 2 aromatic carbocycles. The molecule has 7 nitrogen and oxygen atoms in total. The lowest BCUT2D eigenvalue weighted by molar-refractivity contribution is 0.0873. The van der Waals surface area contributed by atoms with Gasteiger partial charge >= 0.3 is 11.8 Å². The Morgan fingerprint density at radius 1 is 1.15 bits per heavy atom. The smallest absolute Gasteiger partial charge is 0.316 e. The highest BCUT2D eigenvalue weighted by molar-refractivity contribution is 5.89. The fraction of sp³-hybridized carbons (Fsp3) is 0.250. The van der Waals surface area contributed by atoms with E-state index in [2.05, 4.69) is 15.5 Å². The van der Waals surface area contributed by atoms with Crippen molar-refractivity contribution < 1.29 is 19.2 Å². The second-order valence-corrected chi connectivity index (χ2v) is 6.25. The van der Waals surface area contributed by atoms with Crippen molar-refractivity contribution in [3.8, 4) is 17.1 Å². The Morgan fingerprint density at radius 3 is 2.52 bits per heavy atom. The van der Waals surface area contributed by atoms with E-state index in [0.29, 0.717) is 17.0 Å². The molecular formula is C20H21N3O4. The predicted octanol–water partition coefficient (Wildman–Crippen LogP) is 2.99. The normalized spacial score (nSPS) is 12.0. The van der Waals surface area contributed by atoms with Crippen molar-refractivity contribution in [2.75, 3.05) is 6.54 Å². The number of nitrogens with one attached hydrogen (secondary N) is 1. The molecule has 0 spiro atoms. The van der Waals surface area contributed by atoms with Crippen LogP contribution >= 0.6 is 0 Å². The summed E-state index contributed by atoms with van der Waals surface area (Å²) in [5.41, 5.74) is 1.42. The van der Waals surface area contributed by atoms with Gasteiger partial charge in [-0.2, -0.15) is 4.98 Å². The number of aliphatic hydroxyl groups is 1. The van der Waals surface area contributed by atoms with Crippen LogP contribution in [0.5, 0.6) is 5.75 Å². The standard InChI is InChI=1S/C20H21N3O4/c1-13(2)26-16-10-8-15(9-11-16)18-22-20(27-23-18)19(25)21-12-17(24)14-6-4-3-5-7-14/h3-11,13,17,24H,12H2,1-2H3,(H,21,25). The predicted molar refractivity (Wildman–Crippen MR) is 99.2 cm³/mol. The lowest BCUT2D eigenvalue weighted by Gasteiger charge is -2.10. The zero-order chi connectivity index (χ0) is 19.2. The van der Waals surface area contributed by atoms with Crippen LogP contribution in [0.4, 0.5) is 0 Å². The summed E-state index contributed by atoms with van der Waals surface area (Å²) in [6.45, 7) is 3.95. The molecule has 0 aliphatic rings. The summed E-state index contributed by atoms with van der Waals surface area (Å²) in [6.07, 6.45) is -0.728. The molecule has 0 fully saturated rings. The molecule has 0 radical (unpaired) electrons. The monoisotopic (exact) mass is 367 g/mol. The van der Waals surface area contributed by atoms with Crippen LogP contribution in [0, 0.1) is 0 Å². The summed E-state index contributed by atoms with van der Waals surface area (Å²) in [7, 11) is 0. The molecule has 7 heteroatoms. The summed E-state index contributed by atoms with van der Waals surface area (Å²) in [5, 5.41) is 16.5. The van der Waals surface area contributed by atoms with Gasteiger partial charge in [-0.1, -0.05) is 35.5 Å². The summed E-state index contributed by atoms with van der Waals surface area (Å²) in [4.78, 5) is 16.3. The fourth-order valence-corrected chi connectivity index (χ4v) is 2.45. The van der Waals surface area contributed by atoms with Crippen LogP contribution in [-0.2, 0) is 0 Å². The van der Waals surface area contributed by atoms with Crippen LogP contribution in [0.3, 0.4) is 0 Å². The highest BCUT2D eigenvalue weighted by atomic mass is 16.5. The third kappa shape index (κ3) is 4.92. The molecule has 1 amide bonds. The minimum absolute atomic E-state index is 0.0435. The number of hydrogen-bond acceptors (Lipinski definition) is 6. The van der Waals surface area contributed by atoms with Gasteiger partial charge in [0.15, 0.2) is 0 Å². The number of hydrogen-bond donors (Lipinski definition) is 2. The van der Waals surface area contributed by atoms with Gasteiger partial charge in [0.25, 0.3) is 0 Å². The minimum Gasteiger partial charge on any atom is -0.491 e. The van der Waals surface area contributed by atoms with Crippen molar-refractivity contribution in [2.45, 2.75) is 26.1 Å². The number of aliphatic hydroxyl groups excluding tert-OH is 1. The lowest BCUT2D eigenvalue weighted by Crippen LogP contribution is -2.28. The second kappa shape index (κ2) is 8.46. The molecule has 1 unspecified atom stereocenters. The molecule has 0 aliphatic heterocycles. The molecule has 0 saturated carbocycles. The van der Waals surface area contributed by atoms with Crippen molar-refractivity contribution in [3.05, 3.63) is 66.1 Å². The van der Waals surface area contributed by atoms with Crippen molar-refractivity contribution in [1.29, 1.82) is 0 Å². The van der Waals surface area contributed by atoms with Gasteiger partial charge in [0, 0.05) is 12.1 Å². The van der Waals surface area contributed by atoms with E-state index in [0.717, 1.165) is 5.75 Å². The highest BCUT2D eigenvalue weighted by Crippen LogP contribution is 2.20. The van der Waals surface area contributed by atoms with Crippen LogP contribution in [-0.4, -0.2) is 33.8 Å². The van der Waals surface area contributed by atoms with E-state index in [9.17, 15) is 9.90 Å². The number of nitrogens with zero attached hydrogens (tertiary/aromatic N) is 2. The zero-order valence-electron chi connectivity index (χ0n) is 15.1. The van der Waals surface area contributed by atoms with E-state index >= 15 is 0 Å². The van der Waals surface area contributed by atoms with Crippen LogP contribution in [0.15, 0.2) is 59.1 Å². The maximum atomic E-state index is 12.2. The van der Waals surface area contributed by atoms with E-state index in [4.69, 9.17) is 9.26 Å². The van der Waals surface area contributed by atoms with Gasteiger partial charge in [0.2, 0.25) is 5.82 Å². The van der Waals surface area contributed by atoms with Gasteiger partial charge < -0.3 is 19.7 Å². The molecule has 3 rings (SSSR count). The molecular weight excluding hydrogens is 346 g/mol. The summed E-state index contributed by atoms with van der Waals surface area (Å²) >= 11 is 0. The number of ether oxygens (including phenoxy) is 1. The molecule has 1 aromatic heterocycles. The average Bonchev–Trinajstić information content (AvgIpc) is 3.17. The van der Waals surface area contributed by atoms with Gasteiger partial charge in [-0.15, -0.1) is 0 Å². The van der Waals surface area contributed by atoms with E-state index in [-0.39, 0.29) is 18.5 Å². The Bertz CT molecular complexity index is 876. The Hall–Kier alpha value is -3.19. The first kappa shape index (κ1) is 18.6. The number of rotatable bonds is 7. The molecule has 140 valence electrons. The molecule has 0 bridgehead atoms. The molecule has 0 saturated heterocycles. The quantitative estimate of drug-likeness (QED) is 0.666. The zero-order valence-corrected chi connectivity index (χ0v) is 15.1. The maximum Gasteiger partial charge on any atom is 0.316 e. The number of amides is 1. The van der Waals surface area contributed by atoms with E-state index in [1.165, 1.54) is 0 Å². The Kier molecular flexibility index (Phi) is 5.83. The number of carbonyl (C=O) groups is 1. The molecule has 0 aliphatic carbocycles. The van der Waals surface area contributed by atoms with Gasteiger partial charge in [0.1, 0.15) is 5.75 Å². The van der Waals surface area contributed by atoms with E-state index < -0.39 is 12.0 Å². The number of benzene rings is 2. The lowest BCUT2D eigenvalue weighted by atomic mass is 10.1. The highest BCUT2D eigenvalue weighted by Gasteiger charge is 2.17. The average molecular weight is 367 g/mol. The first-order chi connectivity index (χ1) is 13.0. The molecule has 2 N–H and O–H groups in total. The maximum absolute atomic E-state index is 12.2. The van der Waals surface area contributed by atoms with E-state index in [1.807, 2.05) is 44.2 Å². The molecule has 27 heavy (non-hydrogen) atoms. The minimum atomic E-state index is -0.814. The van der Waals surface area contributed by atoms with E-state index in [1.54, 1.807) is 24.3 Å². The van der Waals surface area contributed by atoms with Crippen molar-refractivity contribution in [1.82, 2.24) is 15.5 Å². The Morgan fingerprint density at radius 2 is 1.85 bits per heavy atom. The summed E-state index contributed by atoms with van der Waals surface area (Å²) < 4.78 is 10.6. The molecule has 3 aromatic rings. The van der Waals surface area contributed by atoms with Crippen LogP contribution in [0.1, 0.15) is 36.2 Å². The fourth-order valence-electron chi connectivity index (χ4n) is 2.45. The SMILES string of the molecule is CC(C)Oc1ccc(-c2noc(C(=O)NCC(O)c3ccccc3)n2)cc1. The third-order valence-electron chi connectivity index (χ3n) is 3.74. The van der Waals surface area contributed by atoms with Gasteiger partial charge in [0.05, 0.1) is 12.2 Å². The summed E-state index contributed by atoms with van der Waals surface area (Å²) in [5.74, 6) is 0.348. The van der Waals surface area contributed by atoms with Crippen LogP contribution in [0.25, 0.3) is 11.4 Å². The van der Waals surface area contributed by atoms with Crippen LogP contribution in [0.2, 0.25) is 0 Å². The second-order valence-electron chi connectivity index (χ2n) is 6.25.